The van der Waals surface area contributed by atoms with Gasteiger partial charge in [-0.25, -0.2) is 8.42 Å². The number of nitrogens with one attached hydrogen (secondary N) is 1. The zero-order valence-corrected chi connectivity index (χ0v) is 30.1. The molecule has 252 valence electrons. The molecule has 0 radical (unpaired) electrons. The molecule has 4 aromatic carbocycles. The van der Waals surface area contributed by atoms with Gasteiger partial charge in [-0.05, 0) is 73.4 Å². The minimum absolute atomic E-state index is 0.00204. The average Bonchev–Trinajstić information content (AvgIpc) is 3.59. The van der Waals surface area contributed by atoms with Gasteiger partial charge in [0.1, 0.15) is 18.3 Å². The molecule has 5 rings (SSSR count). The molecule has 0 aliphatic heterocycles. The Morgan fingerprint density at radius 3 is 2.25 bits per heavy atom. The van der Waals surface area contributed by atoms with E-state index in [-0.39, 0.29) is 46.3 Å². The number of aryl methyl sites for hydroxylation is 1. The van der Waals surface area contributed by atoms with Gasteiger partial charge >= 0.3 is 0 Å². The van der Waals surface area contributed by atoms with Crippen LogP contribution in [0.3, 0.4) is 0 Å². The van der Waals surface area contributed by atoms with E-state index in [0.717, 1.165) is 51.2 Å². The molecule has 1 N–H and O–H groups in total. The number of hydrogen-bond acceptors (Lipinski definition) is 5. The second-order valence-corrected chi connectivity index (χ2v) is 15.2. The van der Waals surface area contributed by atoms with Gasteiger partial charge in [-0.3, -0.25) is 13.9 Å². The summed E-state index contributed by atoms with van der Waals surface area (Å²) in [7, 11) is -2.89. The molecule has 1 saturated carbocycles. The van der Waals surface area contributed by atoms with E-state index in [9.17, 15) is 18.0 Å². The van der Waals surface area contributed by atoms with Crippen molar-refractivity contribution in [2.75, 3.05) is 18.0 Å². The van der Waals surface area contributed by atoms with Crippen molar-refractivity contribution in [3.63, 3.8) is 0 Å². The number of ether oxygens (including phenoxy) is 1. The van der Waals surface area contributed by atoms with Gasteiger partial charge in [-0.15, -0.1) is 0 Å². The number of anilines is 1. The quantitative estimate of drug-likeness (QED) is 0.155. The highest BCUT2D eigenvalue weighted by atomic mass is 79.9. The molecule has 0 bridgehead atoms. The molecule has 11 heteroatoms. The molecule has 1 aliphatic carbocycles. The van der Waals surface area contributed by atoms with Gasteiger partial charge in [0, 0.05) is 28.5 Å². The Hall–Kier alpha value is -3.86. The van der Waals surface area contributed by atoms with Crippen LogP contribution in [-0.4, -0.2) is 50.9 Å². The molecule has 8 nitrogen and oxygen atoms in total. The third-order valence-electron chi connectivity index (χ3n) is 8.54. The molecule has 1 atom stereocenters. The Kier molecular flexibility index (Phi) is 11.8. The van der Waals surface area contributed by atoms with Crippen molar-refractivity contribution in [2.45, 2.75) is 62.6 Å². The molecule has 1 fully saturated rings. The Morgan fingerprint density at radius 2 is 1.60 bits per heavy atom. The van der Waals surface area contributed by atoms with E-state index in [1.54, 1.807) is 24.3 Å². The molecule has 1 aliphatic rings. The summed E-state index contributed by atoms with van der Waals surface area (Å²) in [5.41, 5.74) is 2.65. The van der Waals surface area contributed by atoms with Crippen LogP contribution in [0.15, 0.2) is 106 Å². The van der Waals surface area contributed by atoms with E-state index in [1.165, 1.54) is 30.2 Å². The van der Waals surface area contributed by atoms with E-state index < -0.39 is 28.5 Å². The van der Waals surface area contributed by atoms with Crippen LogP contribution >= 0.6 is 27.5 Å². The monoisotopic (exact) mass is 751 g/mol. The predicted octanol–water partition coefficient (Wildman–Crippen LogP) is 7.31. The summed E-state index contributed by atoms with van der Waals surface area (Å²) in [6.07, 6.45) is 4.06. The minimum atomic E-state index is -4.31. The van der Waals surface area contributed by atoms with Crippen LogP contribution in [0.2, 0.25) is 5.02 Å². The van der Waals surface area contributed by atoms with Crippen LogP contribution in [0.25, 0.3) is 0 Å². The molecular weight excluding hydrogens is 714 g/mol. The Morgan fingerprint density at radius 1 is 0.938 bits per heavy atom. The summed E-state index contributed by atoms with van der Waals surface area (Å²) in [4.78, 5) is 30.4. The van der Waals surface area contributed by atoms with Gasteiger partial charge in [0.15, 0.2) is 0 Å². The number of carbonyl (C=O) groups excluding carboxylic acids is 2. The number of halogens is 2. The second kappa shape index (κ2) is 16.0. The largest absolute Gasteiger partial charge is 0.495 e. The normalized spacial score (nSPS) is 13.9. The fourth-order valence-electron chi connectivity index (χ4n) is 5.92. The van der Waals surface area contributed by atoms with Crippen LogP contribution in [0.1, 0.15) is 42.4 Å². The molecule has 0 saturated heterocycles. The van der Waals surface area contributed by atoms with Crippen molar-refractivity contribution in [3.05, 3.63) is 123 Å². The van der Waals surface area contributed by atoms with Crippen molar-refractivity contribution in [2.24, 2.45) is 0 Å². The number of benzene rings is 4. The summed E-state index contributed by atoms with van der Waals surface area (Å²) < 4.78 is 36.2. The van der Waals surface area contributed by atoms with Gasteiger partial charge in [-0.2, -0.15) is 0 Å². The molecule has 48 heavy (non-hydrogen) atoms. The van der Waals surface area contributed by atoms with Crippen molar-refractivity contribution >= 4 is 55.1 Å². The zero-order valence-electron chi connectivity index (χ0n) is 26.9. The van der Waals surface area contributed by atoms with Crippen LogP contribution in [-0.2, 0) is 32.6 Å². The fourth-order valence-corrected chi connectivity index (χ4v) is 7.76. The fraction of sp³-hybridized carbons (Fsp3) is 0.297. The maximum Gasteiger partial charge on any atom is 0.264 e. The smallest absolute Gasteiger partial charge is 0.264 e. The Balaban J connectivity index is 1.60. The van der Waals surface area contributed by atoms with E-state index in [0.29, 0.717) is 0 Å². The first kappa shape index (κ1) is 35.4. The van der Waals surface area contributed by atoms with E-state index in [1.807, 2.05) is 61.5 Å². The standard InChI is InChI=1S/C37H39BrClN3O5S/c1-26-12-19-32(20-13-26)48(45,46)42(33-23-30(39)18-21-35(33)47-2)25-36(43)41(24-28-14-16-29(38)17-15-28)34(22-27-8-4-3-5-9-27)37(44)40-31-10-6-7-11-31/h3-5,8-9,12-21,23,31,34H,6-7,10-11,22,24-25H2,1-2H3,(H,40,44)/t34-/m1/s1. The van der Waals surface area contributed by atoms with Crippen molar-refractivity contribution in [1.29, 1.82) is 0 Å². The highest BCUT2D eigenvalue weighted by Gasteiger charge is 2.36. The number of nitrogens with zero attached hydrogens (tertiary/aromatic N) is 2. The molecule has 2 amide bonds. The van der Waals surface area contributed by atoms with Gasteiger partial charge < -0.3 is 15.0 Å². The third-order valence-corrected chi connectivity index (χ3v) is 11.1. The maximum absolute atomic E-state index is 14.7. The van der Waals surface area contributed by atoms with Crippen molar-refractivity contribution < 1.29 is 22.7 Å². The topological polar surface area (TPSA) is 96.0 Å². The van der Waals surface area contributed by atoms with Crippen LogP contribution < -0.4 is 14.4 Å². The SMILES string of the molecule is COc1ccc(Cl)cc1N(CC(=O)N(Cc1ccc(Br)cc1)[C@H](Cc1ccccc1)C(=O)NC1CCCC1)S(=O)(=O)c1ccc(C)cc1. The van der Waals surface area contributed by atoms with Crippen molar-refractivity contribution in [1.82, 2.24) is 10.2 Å². The summed E-state index contributed by atoms with van der Waals surface area (Å²) in [5, 5.41) is 3.46. The third kappa shape index (κ3) is 8.78. The maximum atomic E-state index is 14.7. The predicted molar refractivity (Wildman–Crippen MR) is 193 cm³/mol. The number of amides is 2. The van der Waals surface area contributed by atoms with Crippen molar-refractivity contribution in [3.8, 4) is 5.75 Å². The molecular formula is C37H39BrClN3O5S. The van der Waals surface area contributed by atoms with Crippen LogP contribution in [0, 0.1) is 6.92 Å². The first-order valence-corrected chi connectivity index (χ1v) is 18.5. The van der Waals surface area contributed by atoms with Gasteiger partial charge in [0.2, 0.25) is 11.8 Å². The molecule has 0 spiro atoms. The minimum Gasteiger partial charge on any atom is -0.495 e. The lowest BCUT2D eigenvalue weighted by atomic mass is 10.0. The van der Waals surface area contributed by atoms with E-state index >= 15 is 0 Å². The number of carbonyl (C=O) groups is 2. The highest BCUT2D eigenvalue weighted by molar-refractivity contribution is 9.10. The number of hydrogen-bond donors (Lipinski definition) is 1. The number of methoxy groups -OCH3 is 1. The zero-order chi connectivity index (χ0) is 34.3. The lowest BCUT2D eigenvalue weighted by Gasteiger charge is -2.34. The first-order chi connectivity index (χ1) is 23.0. The summed E-state index contributed by atoms with van der Waals surface area (Å²) in [5.74, 6) is -0.607. The Bertz CT molecular complexity index is 1820. The van der Waals surface area contributed by atoms with Gasteiger partial charge in [-0.1, -0.05) is 101 Å². The Labute approximate surface area is 296 Å². The lowest BCUT2D eigenvalue weighted by Crippen LogP contribution is -2.54. The number of sulfonamides is 1. The van der Waals surface area contributed by atoms with E-state index in [4.69, 9.17) is 16.3 Å². The van der Waals surface area contributed by atoms with Crippen LogP contribution in [0.5, 0.6) is 5.75 Å². The molecule has 0 aromatic heterocycles. The summed E-state index contributed by atoms with van der Waals surface area (Å²) in [6.45, 7) is 1.33. The van der Waals surface area contributed by atoms with E-state index in [2.05, 4.69) is 21.2 Å². The summed E-state index contributed by atoms with van der Waals surface area (Å²) >= 11 is 9.86. The van der Waals surface area contributed by atoms with Gasteiger partial charge in [0.25, 0.3) is 10.0 Å². The highest BCUT2D eigenvalue weighted by Crippen LogP contribution is 2.35. The molecule has 0 heterocycles. The molecule has 4 aromatic rings. The number of rotatable bonds is 13. The summed E-state index contributed by atoms with van der Waals surface area (Å²) in [6, 6.07) is 27.1. The average molecular weight is 753 g/mol. The van der Waals surface area contributed by atoms with Gasteiger partial charge in [0.05, 0.1) is 17.7 Å². The second-order valence-electron chi connectivity index (χ2n) is 12.0. The van der Waals surface area contributed by atoms with Crippen LogP contribution in [0.4, 0.5) is 5.69 Å². The lowest BCUT2D eigenvalue weighted by molar-refractivity contribution is -0.140. The first-order valence-electron chi connectivity index (χ1n) is 15.9. The molecule has 0 unspecified atom stereocenters.